The minimum atomic E-state index is -2.05. The van der Waals surface area contributed by atoms with Crippen LogP contribution < -0.4 is 10.1 Å². The van der Waals surface area contributed by atoms with Crippen molar-refractivity contribution in [3.05, 3.63) is 52.8 Å². The molecule has 3 aliphatic heterocycles. The number of nitrogens with zero attached hydrogens (tertiary/aromatic N) is 1. The molecule has 3 aliphatic rings. The molecule has 0 spiro atoms. The van der Waals surface area contributed by atoms with Gasteiger partial charge in [-0.25, -0.2) is 0 Å². The van der Waals surface area contributed by atoms with Gasteiger partial charge in [0.2, 0.25) is 0 Å². The zero-order chi connectivity index (χ0) is 41.1. The number of benzene rings is 2. The SMILES string of the molecule is CCO/N=C/c1c2c(O)c3c(O)c(C)c4c(c3c1O)C(=O)[C@@](C)(O/C=C/[C@H](OC)[C@@H](C)[C@@H](OC(C)=O)[C@H](C)[C@H](O)[C@H](C)[C@@H](O)[C@@H](C)/C=C/C=C(/C)C(=O)N2)O4. The number of ketones is 1. The fourth-order valence-corrected chi connectivity index (χ4v) is 7.04. The number of Topliss-reactive ketones (excluding diaryl/α,β-unsaturated/α-hetero) is 1. The van der Waals surface area contributed by atoms with E-state index in [1.165, 1.54) is 53.2 Å². The van der Waals surface area contributed by atoms with Gasteiger partial charge in [0.15, 0.2) is 5.75 Å². The zero-order valence-corrected chi connectivity index (χ0v) is 32.7. The van der Waals surface area contributed by atoms with Crippen molar-refractivity contribution in [1.29, 1.82) is 0 Å². The number of methoxy groups -OCH3 is 1. The van der Waals surface area contributed by atoms with Crippen LogP contribution in [0.2, 0.25) is 0 Å². The van der Waals surface area contributed by atoms with E-state index in [-0.39, 0.29) is 51.1 Å². The average molecular weight is 769 g/mol. The number of amides is 1. The van der Waals surface area contributed by atoms with Crippen molar-refractivity contribution in [2.45, 2.75) is 92.5 Å². The maximum atomic E-state index is 14.2. The van der Waals surface area contributed by atoms with E-state index in [9.17, 15) is 39.9 Å². The van der Waals surface area contributed by atoms with Crippen molar-refractivity contribution < 1.29 is 63.7 Å². The molecule has 2 aromatic rings. The quantitative estimate of drug-likeness (QED) is 0.0765. The minimum Gasteiger partial charge on any atom is -0.507 e. The van der Waals surface area contributed by atoms with Crippen molar-refractivity contribution in [2.75, 3.05) is 19.0 Å². The molecule has 0 unspecified atom stereocenters. The van der Waals surface area contributed by atoms with Crippen molar-refractivity contribution in [1.82, 2.24) is 0 Å². The maximum Gasteiger partial charge on any atom is 0.312 e. The summed E-state index contributed by atoms with van der Waals surface area (Å²) in [5, 5.41) is 63.3. The Bertz CT molecular complexity index is 1940. The Kier molecular flexibility index (Phi) is 13.3. The number of carbonyl (C=O) groups is 3. The predicted molar refractivity (Wildman–Crippen MR) is 203 cm³/mol. The van der Waals surface area contributed by atoms with Crippen LogP contribution in [0.1, 0.15) is 76.9 Å². The third-order valence-corrected chi connectivity index (χ3v) is 10.4. The molecule has 0 fully saturated rings. The minimum absolute atomic E-state index is 0.0345. The molecule has 0 aromatic heterocycles. The van der Waals surface area contributed by atoms with Gasteiger partial charge in [0.25, 0.3) is 11.7 Å². The van der Waals surface area contributed by atoms with Crippen LogP contribution in [-0.2, 0) is 28.6 Å². The van der Waals surface area contributed by atoms with E-state index < -0.39 is 88.8 Å². The van der Waals surface area contributed by atoms with E-state index in [1.54, 1.807) is 46.8 Å². The second-order valence-electron chi connectivity index (χ2n) is 14.3. The summed E-state index contributed by atoms with van der Waals surface area (Å²) in [7, 11) is 1.42. The van der Waals surface area contributed by atoms with Gasteiger partial charge < -0.3 is 54.6 Å². The molecule has 6 N–H and O–H groups in total. The fourth-order valence-electron chi connectivity index (χ4n) is 7.04. The highest BCUT2D eigenvalue weighted by molar-refractivity contribution is 6.23. The molecule has 9 atom stereocenters. The van der Waals surface area contributed by atoms with Crippen LogP contribution in [0, 0.1) is 30.6 Å². The van der Waals surface area contributed by atoms with Crippen molar-refractivity contribution in [3.63, 3.8) is 0 Å². The normalized spacial score (nSPS) is 31.4. The number of carbonyl (C=O) groups excluding carboxylic acids is 3. The number of anilines is 1. The number of allylic oxidation sites excluding steroid dienone is 2. The molecular formula is C40H52N2O13. The lowest BCUT2D eigenvalue weighted by Crippen LogP contribution is -2.46. The summed E-state index contributed by atoms with van der Waals surface area (Å²) in [4.78, 5) is 45.1. The monoisotopic (exact) mass is 768 g/mol. The predicted octanol–water partition coefficient (Wildman–Crippen LogP) is 5.12. The third kappa shape index (κ3) is 8.28. The van der Waals surface area contributed by atoms with E-state index in [1.807, 2.05) is 0 Å². The first-order chi connectivity index (χ1) is 25.8. The van der Waals surface area contributed by atoms with Gasteiger partial charge >= 0.3 is 11.8 Å². The van der Waals surface area contributed by atoms with Gasteiger partial charge in [-0.2, -0.15) is 0 Å². The molecule has 0 aliphatic carbocycles. The second kappa shape index (κ2) is 17.1. The van der Waals surface area contributed by atoms with E-state index in [0.717, 1.165) is 6.21 Å². The number of nitrogens with one attached hydrogen (secondary N) is 1. The highest BCUT2D eigenvalue weighted by atomic mass is 16.7. The maximum absolute atomic E-state index is 14.2. The Balaban J connectivity index is 1.97. The molecule has 1 amide bonds. The average Bonchev–Trinajstić information content (AvgIpc) is 3.41. The molecule has 15 heteroatoms. The lowest BCUT2D eigenvalue weighted by Gasteiger charge is -2.38. The van der Waals surface area contributed by atoms with Gasteiger partial charge in [-0.3, -0.25) is 14.4 Å². The largest absolute Gasteiger partial charge is 0.507 e. The summed E-state index contributed by atoms with van der Waals surface area (Å²) in [5.74, 6) is -8.61. The summed E-state index contributed by atoms with van der Waals surface area (Å²) in [6.45, 7) is 14.2. The first-order valence-electron chi connectivity index (χ1n) is 18.1. The van der Waals surface area contributed by atoms with Gasteiger partial charge in [0.1, 0.15) is 30.0 Å². The standard InChI is InChI=1S/C40H52N2O13/c1-11-53-41-17-25-30-35(48)28-27(34(25)47)29-37(23(7)33(28)46)55-40(9,38(29)49)52-16-15-26(51-10)20(4)36(54-24(8)43)22(6)32(45)21(5)31(44)18(2)13-12-14-19(3)39(50)42-30/h12-18,20-22,26,31-32,36,44-48H,11H2,1-10H3,(H,42,50)/b13-12+,16-15+,19-14-,41-17+/t18-,20+,21+,22+,26-,31-,32+,36+,40-/m0/s1. The van der Waals surface area contributed by atoms with E-state index in [0.29, 0.717) is 0 Å². The number of phenols is 3. The number of ether oxygens (including phenoxy) is 4. The van der Waals surface area contributed by atoms with Crippen LogP contribution in [0.15, 0.2) is 41.3 Å². The Morgan fingerprint density at radius 2 is 1.65 bits per heavy atom. The molecule has 5 bridgehead atoms. The highest BCUT2D eigenvalue weighted by Crippen LogP contribution is 2.55. The van der Waals surface area contributed by atoms with Crippen molar-refractivity contribution in [3.8, 4) is 23.0 Å². The summed E-state index contributed by atoms with van der Waals surface area (Å²) in [5.41, 5.74) is -0.610. The Morgan fingerprint density at radius 1 is 0.982 bits per heavy atom. The number of esters is 1. The second-order valence-corrected chi connectivity index (χ2v) is 14.3. The number of aliphatic hydroxyl groups is 2. The van der Waals surface area contributed by atoms with Gasteiger partial charge in [0, 0.05) is 61.2 Å². The highest BCUT2D eigenvalue weighted by Gasteiger charge is 2.50. The summed E-state index contributed by atoms with van der Waals surface area (Å²) < 4.78 is 23.4. The van der Waals surface area contributed by atoms with Crippen LogP contribution in [0.25, 0.3) is 10.8 Å². The molecule has 300 valence electrons. The molecule has 55 heavy (non-hydrogen) atoms. The Hall–Kier alpha value is -5.12. The first-order valence-corrected chi connectivity index (χ1v) is 18.1. The number of aliphatic hydroxyl groups excluding tert-OH is 2. The lowest BCUT2D eigenvalue weighted by atomic mass is 9.78. The van der Waals surface area contributed by atoms with Crippen LogP contribution in [-0.4, -0.2) is 93.3 Å². The first kappa shape index (κ1) is 42.6. The number of hydrogen-bond donors (Lipinski definition) is 6. The summed E-state index contributed by atoms with van der Waals surface area (Å²) in [6.07, 6.45) is 4.49. The molecule has 0 saturated carbocycles. The Labute approximate surface area is 319 Å². The molecule has 0 radical (unpaired) electrons. The number of aromatic hydroxyl groups is 3. The van der Waals surface area contributed by atoms with E-state index in [2.05, 4.69) is 10.5 Å². The van der Waals surface area contributed by atoms with Crippen LogP contribution in [0.5, 0.6) is 23.0 Å². The van der Waals surface area contributed by atoms with Crippen molar-refractivity contribution >= 4 is 40.3 Å². The molecular weight excluding hydrogens is 716 g/mol. The van der Waals surface area contributed by atoms with Gasteiger partial charge in [-0.1, -0.05) is 51.1 Å². The third-order valence-electron chi connectivity index (χ3n) is 10.4. The number of hydrogen-bond acceptors (Lipinski definition) is 14. The number of oxime groups is 1. The summed E-state index contributed by atoms with van der Waals surface area (Å²) >= 11 is 0. The smallest absolute Gasteiger partial charge is 0.312 e. The van der Waals surface area contributed by atoms with Gasteiger partial charge in [-0.05, 0) is 26.8 Å². The van der Waals surface area contributed by atoms with E-state index >= 15 is 0 Å². The topological polar surface area (TPSA) is 223 Å². The fraction of sp³-hybridized carbons (Fsp3) is 0.500. The Morgan fingerprint density at radius 3 is 2.27 bits per heavy atom. The molecule has 15 nitrogen and oxygen atoms in total. The van der Waals surface area contributed by atoms with Gasteiger partial charge in [-0.15, -0.1) is 0 Å². The lowest BCUT2D eigenvalue weighted by molar-refractivity contribution is -0.160. The van der Waals surface area contributed by atoms with E-state index in [4.69, 9.17) is 23.8 Å². The van der Waals surface area contributed by atoms with Crippen LogP contribution >= 0.6 is 0 Å². The molecule has 5 rings (SSSR count). The molecule has 0 saturated heterocycles. The molecule has 3 heterocycles. The number of phenolic OH excluding ortho intramolecular Hbond substituents is 3. The number of rotatable bonds is 5. The summed E-state index contributed by atoms with van der Waals surface area (Å²) in [6, 6.07) is 0. The number of fused-ring (bicyclic) bond motifs is 14. The van der Waals surface area contributed by atoms with Crippen LogP contribution in [0.3, 0.4) is 0 Å². The van der Waals surface area contributed by atoms with Crippen molar-refractivity contribution in [2.24, 2.45) is 28.8 Å². The zero-order valence-electron chi connectivity index (χ0n) is 32.7. The molecule has 2 aromatic carbocycles. The van der Waals surface area contributed by atoms with Gasteiger partial charge in [0.05, 0.1) is 53.0 Å². The van der Waals surface area contributed by atoms with Crippen LogP contribution in [0.4, 0.5) is 5.69 Å².